The summed E-state index contributed by atoms with van der Waals surface area (Å²) in [6.07, 6.45) is 0. The van der Waals surface area contributed by atoms with Crippen molar-refractivity contribution in [3.8, 4) is 5.75 Å². The maximum atomic E-state index is 13.5. The highest BCUT2D eigenvalue weighted by Gasteiger charge is 2.29. The highest BCUT2D eigenvalue weighted by Crippen LogP contribution is 2.33. The molecular formula is C23H23N3O5S. The molecule has 0 heterocycles. The van der Waals surface area contributed by atoms with Gasteiger partial charge in [0.25, 0.3) is 10.0 Å². The lowest BCUT2D eigenvalue weighted by atomic mass is 10.2. The molecule has 0 saturated heterocycles. The molecule has 9 heteroatoms. The minimum atomic E-state index is -4.08. The Morgan fingerprint density at radius 3 is 2.25 bits per heavy atom. The molecule has 8 nitrogen and oxygen atoms in total. The Morgan fingerprint density at radius 1 is 1.00 bits per heavy atom. The van der Waals surface area contributed by atoms with E-state index < -0.39 is 28.4 Å². The average Bonchev–Trinajstić information content (AvgIpc) is 2.78. The Morgan fingerprint density at radius 2 is 1.66 bits per heavy atom. The van der Waals surface area contributed by atoms with Crippen LogP contribution in [0.2, 0.25) is 0 Å². The van der Waals surface area contributed by atoms with Gasteiger partial charge in [-0.1, -0.05) is 24.3 Å². The summed E-state index contributed by atoms with van der Waals surface area (Å²) in [4.78, 5) is 24.1. The van der Waals surface area contributed by atoms with Gasteiger partial charge >= 0.3 is 0 Å². The van der Waals surface area contributed by atoms with Crippen molar-refractivity contribution in [1.29, 1.82) is 0 Å². The normalized spacial score (nSPS) is 10.9. The van der Waals surface area contributed by atoms with Crippen LogP contribution in [0.15, 0.2) is 77.7 Å². The Balaban J connectivity index is 1.97. The topological polar surface area (TPSA) is 119 Å². The van der Waals surface area contributed by atoms with Crippen LogP contribution >= 0.6 is 0 Å². The fourth-order valence-corrected chi connectivity index (χ4v) is 4.51. The van der Waals surface area contributed by atoms with Gasteiger partial charge in [0, 0.05) is 11.3 Å². The van der Waals surface area contributed by atoms with Crippen LogP contribution in [0.3, 0.4) is 0 Å². The first-order chi connectivity index (χ1) is 15.2. The number of methoxy groups -OCH3 is 1. The molecule has 0 aromatic heterocycles. The number of nitrogens with zero attached hydrogens (tertiary/aromatic N) is 1. The van der Waals surface area contributed by atoms with Crippen LogP contribution in [0.25, 0.3) is 0 Å². The van der Waals surface area contributed by atoms with Crippen molar-refractivity contribution in [3.63, 3.8) is 0 Å². The number of nitrogens with two attached hydrogens (primary N) is 1. The van der Waals surface area contributed by atoms with Gasteiger partial charge in [-0.3, -0.25) is 13.9 Å². The number of amides is 2. The number of anilines is 2. The molecule has 3 aromatic rings. The number of aryl methyl sites for hydroxylation is 1. The van der Waals surface area contributed by atoms with Crippen LogP contribution < -0.4 is 20.1 Å². The second-order valence-electron chi connectivity index (χ2n) is 6.99. The first-order valence-electron chi connectivity index (χ1n) is 9.64. The molecule has 2 amide bonds. The van der Waals surface area contributed by atoms with Gasteiger partial charge in [-0.15, -0.1) is 0 Å². The Hall–Kier alpha value is -3.85. The van der Waals surface area contributed by atoms with Gasteiger partial charge in [-0.25, -0.2) is 8.42 Å². The molecule has 0 fully saturated rings. The molecule has 3 aromatic carbocycles. The summed E-state index contributed by atoms with van der Waals surface area (Å²) in [6.45, 7) is 1.32. The molecule has 0 unspecified atom stereocenters. The van der Waals surface area contributed by atoms with Crippen molar-refractivity contribution in [1.82, 2.24) is 0 Å². The molecule has 0 atom stereocenters. The van der Waals surface area contributed by atoms with Crippen molar-refractivity contribution in [2.75, 3.05) is 23.3 Å². The summed E-state index contributed by atoms with van der Waals surface area (Å²) >= 11 is 0. The van der Waals surface area contributed by atoms with E-state index in [0.29, 0.717) is 17.0 Å². The van der Waals surface area contributed by atoms with Crippen molar-refractivity contribution in [3.05, 3.63) is 83.9 Å². The highest BCUT2D eigenvalue weighted by molar-refractivity contribution is 7.92. The summed E-state index contributed by atoms with van der Waals surface area (Å²) < 4.78 is 33.3. The zero-order chi connectivity index (χ0) is 23.3. The monoisotopic (exact) mass is 453 g/mol. The van der Waals surface area contributed by atoms with Crippen LogP contribution in [0.4, 0.5) is 11.4 Å². The molecule has 3 rings (SSSR count). The zero-order valence-electron chi connectivity index (χ0n) is 17.6. The molecule has 32 heavy (non-hydrogen) atoms. The Bertz CT molecular complexity index is 1230. The minimum Gasteiger partial charge on any atom is -0.495 e. The fraction of sp³-hybridized carbons (Fsp3) is 0.130. The third kappa shape index (κ3) is 5.06. The average molecular weight is 454 g/mol. The summed E-state index contributed by atoms with van der Waals surface area (Å²) in [6, 6.07) is 18.9. The van der Waals surface area contributed by atoms with Crippen LogP contribution in [0.5, 0.6) is 5.75 Å². The number of hydrogen-bond acceptors (Lipinski definition) is 5. The van der Waals surface area contributed by atoms with Gasteiger partial charge in [0.05, 0.1) is 17.7 Å². The molecule has 166 valence electrons. The fourth-order valence-electron chi connectivity index (χ4n) is 3.06. The predicted octanol–water partition coefficient (Wildman–Crippen LogP) is 2.94. The summed E-state index contributed by atoms with van der Waals surface area (Å²) in [5.74, 6) is -0.844. The molecule has 0 bridgehead atoms. The number of rotatable bonds is 8. The Kier molecular flexibility index (Phi) is 6.79. The predicted molar refractivity (Wildman–Crippen MR) is 122 cm³/mol. The smallest absolute Gasteiger partial charge is 0.264 e. The van der Waals surface area contributed by atoms with E-state index in [0.717, 1.165) is 9.87 Å². The maximum absolute atomic E-state index is 13.5. The van der Waals surface area contributed by atoms with Gasteiger partial charge in [0.1, 0.15) is 12.3 Å². The van der Waals surface area contributed by atoms with E-state index in [-0.39, 0.29) is 10.6 Å². The molecule has 0 spiro atoms. The molecule has 0 aliphatic carbocycles. The SMILES string of the molecule is COc1ccc(C)cc1N(CC(=O)Nc1ccc(C(N)=O)cc1)S(=O)(=O)c1ccccc1. The molecule has 0 aliphatic heterocycles. The lowest BCUT2D eigenvalue weighted by molar-refractivity contribution is -0.114. The van der Waals surface area contributed by atoms with E-state index in [2.05, 4.69) is 5.32 Å². The van der Waals surface area contributed by atoms with Crippen molar-refractivity contribution < 1.29 is 22.7 Å². The van der Waals surface area contributed by atoms with E-state index >= 15 is 0 Å². The van der Waals surface area contributed by atoms with Crippen LogP contribution in [0, 0.1) is 6.92 Å². The Labute approximate surface area is 186 Å². The van der Waals surface area contributed by atoms with E-state index in [9.17, 15) is 18.0 Å². The van der Waals surface area contributed by atoms with Gasteiger partial charge in [0.15, 0.2) is 0 Å². The zero-order valence-corrected chi connectivity index (χ0v) is 18.4. The largest absolute Gasteiger partial charge is 0.495 e. The van der Waals surface area contributed by atoms with Gasteiger partial charge in [-0.2, -0.15) is 0 Å². The number of sulfonamides is 1. The van der Waals surface area contributed by atoms with Gasteiger partial charge in [-0.05, 0) is 61.0 Å². The minimum absolute atomic E-state index is 0.0437. The second-order valence-corrected chi connectivity index (χ2v) is 8.85. The third-order valence-electron chi connectivity index (χ3n) is 4.67. The first kappa shape index (κ1) is 22.8. The van der Waals surface area contributed by atoms with Crippen molar-refractivity contribution >= 4 is 33.2 Å². The lowest BCUT2D eigenvalue weighted by Gasteiger charge is -2.26. The lowest BCUT2D eigenvalue weighted by Crippen LogP contribution is -2.38. The second kappa shape index (κ2) is 9.52. The van der Waals surface area contributed by atoms with E-state index in [4.69, 9.17) is 10.5 Å². The van der Waals surface area contributed by atoms with Crippen molar-refractivity contribution in [2.45, 2.75) is 11.8 Å². The van der Waals surface area contributed by atoms with E-state index in [1.54, 1.807) is 36.4 Å². The number of carbonyl (C=O) groups excluding carboxylic acids is 2. The van der Waals surface area contributed by atoms with Gasteiger partial charge in [0.2, 0.25) is 11.8 Å². The molecule has 3 N–H and O–H groups in total. The first-order valence-corrected chi connectivity index (χ1v) is 11.1. The van der Waals surface area contributed by atoms with Crippen molar-refractivity contribution in [2.24, 2.45) is 5.73 Å². The summed E-state index contributed by atoms with van der Waals surface area (Å²) in [5, 5.41) is 2.65. The third-order valence-corrected chi connectivity index (χ3v) is 6.45. The number of nitrogens with one attached hydrogen (secondary N) is 1. The molecule has 0 aliphatic rings. The molecular weight excluding hydrogens is 430 g/mol. The summed E-state index contributed by atoms with van der Waals surface area (Å²) in [5.41, 5.74) is 6.96. The van der Waals surface area contributed by atoms with Crippen LogP contribution in [0.1, 0.15) is 15.9 Å². The summed E-state index contributed by atoms with van der Waals surface area (Å²) in [7, 11) is -2.65. The van der Waals surface area contributed by atoms with E-state index in [1.165, 1.54) is 43.5 Å². The number of ether oxygens (including phenoxy) is 1. The van der Waals surface area contributed by atoms with Crippen LogP contribution in [-0.2, 0) is 14.8 Å². The van der Waals surface area contributed by atoms with E-state index in [1.807, 2.05) is 6.92 Å². The number of primary amides is 1. The number of carbonyl (C=O) groups is 2. The maximum Gasteiger partial charge on any atom is 0.264 e. The quantitative estimate of drug-likeness (QED) is 0.544. The standard InChI is InChI=1S/C23H23N3O5S/c1-16-8-13-21(31-2)20(14-16)26(32(29,30)19-6-4-3-5-7-19)15-22(27)25-18-11-9-17(10-12-18)23(24)28/h3-14H,15H2,1-2H3,(H2,24,28)(H,25,27). The van der Waals surface area contributed by atoms with Crippen LogP contribution in [-0.4, -0.2) is 33.9 Å². The molecule has 0 radical (unpaired) electrons. The highest BCUT2D eigenvalue weighted by atomic mass is 32.2. The number of benzene rings is 3. The molecule has 0 saturated carbocycles. The number of hydrogen-bond donors (Lipinski definition) is 2. The van der Waals surface area contributed by atoms with Gasteiger partial charge < -0.3 is 15.8 Å².